The zero-order chi connectivity index (χ0) is 14.0. The van der Waals surface area contributed by atoms with Gasteiger partial charge in [-0.15, -0.1) is 0 Å². The molecule has 0 saturated heterocycles. The van der Waals surface area contributed by atoms with E-state index in [9.17, 15) is 4.79 Å². The summed E-state index contributed by atoms with van der Waals surface area (Å²) >= 11 is 0. The molecule has 0 rings (SSSR count). The molecule has 0 aromatic carbocycles. The van der Waals surface area contributed by atoms with Gasteiger partial charge in [0.1, 0.15) is 0 Å². The highest BCUT2D eigenvalue weighted by atomic mass is 16.5. The van der Waals surface area contributed by atoms with Crippen molar-refractivity contribution in [3.63, 3.8) is 0 Å². The normalized spacial score (nSPS) is 11.0. The number of rotatable bonds is 8. The molecule has 0 aromatic rings. The van der Waals surface area contributed by atoms with Crippen molar-refractivity contribution in [2.24, 2.45) is 0 Å². The number of methoxy groups -OCH3 is 1. The predicted octanol–water partition coefficient (Wildman–Crippen LogP) is 4.58. The lowest BCUT2D eigenvalue weighted by atomic mass is 10.0. The Kier molecular flexibility index (Phi) is 8.99. The van der Waals surface area contributed by atoms with E-state index in [1.807, 2.05) is 6.92 Å². The minimum absolute atomic E-state index is 0.175. The van der Waals surface area contributed by atoms with Crippen LogP contribution in [0.2, 0.25) is 0 Å². The van der Waals surface area contributed by atoms with Gasteiger partial charge in [0.15, 0.2) is 0 Å². The summed E-state index contributed by atoms with van der Waals surface area (Å²) in [4.78, 5) is 11.0. The molecule has 0 aliphatic rings. The van der Waals surface area contributed by atoms with E-state index in [0.29, 0.717) is 6.42 Å². The molecule has 0 bridgehead atoms. The van der Waals surface area contributed by atoms with Gasteiger partial charge in [-0.1, -0.05) is 35.5 Å². The highest BCUT2D eigenvalue weighted by Crippen LogP contribution is 2.13. The standard InChI is InChI=1S/C16H26O2/c1-13(2)8-6-9-14(3)10-7-11-15(4)12-16(17)18-5/h8,11H,3,6-7,9-10,12H2,1-2,4-5H3/b15-11+. The fourth-order valence-corrected chi connectivity index (χ4v) is 1.58. The van der Waals surface area contributed by atoms with Crippen LogP contribution in [-0.4, -0.2) is 13.1 Å². The van der Waals surface area contributed by atoms with Gasteiger partial charge < -0.3 is 4.74 Å². The monoisotopic (exact) mass is 250 g/mol. The SMILES string of the molecule is C=C(CCC=C(C)C)CC/C=C(\C)CC(=O)OC. The molecular weight excluding hydrogens is 224 g/mol. The number of carbonyl (C=O) groups is 1. The zero-order valence-electron chi connectivity index (χ0n) is 12.2. The maximum absolute atomic E-state index is 11.0. The van der Waals surface area contributed by atoms with Crippen molar-refractivity contribution in [1.29, 1.82) is 0 Å². The van der Waals surface area contributed by atoms with Crippen molar-refractivity contribution < 1.29 is 9.53 Å². The van der Waals surface area contributed by atoms with Gasteiger partial charge in [0.25, 0.3) is 0 Å². The van der Waals surface area contributed by atoms with E-state index in [1.165, 1.54) is 18.3 Å². The van der Waals surface area contributed by atoms with E-state index >= 15 is 0 Å². The maximum Gasteiger partial charge on any atom is 0.309 e. The lowest BCUT2D eigenvalue weighted by Gasteiger charge is -2.03. The van der Waals surface area contributed by atoms with Crippen molar-refractivity contribution in [3.8, 4) is 0 Å². The smallest absolute Gasteiger partial charge is 0.309 e. The Bertz CT molecular complexity index is 331. The lowest BCUT2D eigenvalue weighted by molar-refractivity contribution is -0.139. The third kappa shape index (κ3) is 9.88. The Morgan fingerprint density at radius 3 is 2.17 bits per heavy atom. The second-order valence-electron chi connectivity index (χ2n) is 4.91. The van der Waals surface area contributed by atoms with E-state index in [4.69, 9.17) is 0 Å². The highest BCUT2D eigenvalue weighted by molar-refractivity contribution is 5.72. The summed E-state index contributed by atoms with van der Waals surface area (Å²) < 4.78 is 4.62. The van der Waals surface area contributed by atoms with E-state index < -0.39 is 0 Å². The second kappa shape index (κ2) is 9.69. The topological polar surface area (TPSA) is 26.3 Å². The van der Waals surface area contributed by atoms with Crippen LogP contribution in [-0.2, 0) is 9.53 Å². The molecule has 0 amide bonds. The molecule has 0 fully saturated rings. The molecule has 0 heterocycles. The molecule has 2 heteroatoms. The molecule has 0 aliphatic carbocycles. The third-order valence-corrected chi connectivity index (χ3v) is 2.69. The summed E-state index contributed by atoms with van der Waals surface area (Å²) in [5.74, 6) is -0.175. The summed E-state index contributed by atoms with van der Waals surface area (Å²) in [6.07, 6.45) is 8.81. The van der Waals surface area contributed by atoms with Crippen LogP contribution < -0.4 is 0 Å². The molecule has 102 valence electrons. The number of esters is 1. The van der Waals surface area contributed by atoms with Gasteiger partial charge in [0.2, 0.25) is 0 Å². The number of allylic oxidation sites excluding steroid dienone is 4. The first-order valence-corrected chi connectivity index (χ1v) is 6.48. The van der Waals surface area contributed by atoms with Crippen molar-refractivity contribution in [3.05, 3.63) is 35.5 Å². The Hall–Kier alpha value is -1.31. The van der Waals surface area contributed by atoms with Crippen LogP contribution in [0.3, 0.4) is 0 Å². The summed E-state index contributed by atoms with van der Waals surface area (Å²) in [5.41, 5.74) is 3.70. The quantitative estimate of drug-likeness (QED) is 0.465. The molecule has 18 heavy (non-hydrogen) atoms. The first-order valence-electron chi connectivity index (χ1n) is 6.48. The van der Waals surface area contributed by atoms with Crippen molar-refractivity contribution in [2.75, 3.05) is 7.11 Å². The van der Waals surface area contributed by atoms with Crippen LogP contribution in [0.25, 0.3) is 0 Å². The summed E-state index contributed by atoms with van der Waals surface area (Å²) in [5, 5.41) is 0. The summed E-state index contributed by atoms with van der Waals surface area (Å²) in [6.45, 7) is 10.3. The van der Waals surface area contributed by atoms with Crippen molar-refractivity contribution in [2.45, 2.75) is 52.9 Å². The van der Waals surface area contributed by atoms with Gasteiger partial charge in [-0.3, -0.25) is 4.79 Å². The molecule has 0 spiro atoms. The number of hydrogen-bond donors (Lipinski definition) is 0. The van der Waals surface area contributed by atoms with E-state index in [2.05, 4.69) is 37.3 Å². The number of carbonyl (C=O) groups excluding carboxylic acids is 1. The molecule has 0 unspecified atom stereocenters. The fraction of sp³-hybridized carbons (Fsp3) is 0.562. The van der Waals surface area contributed by atoms with E-state index in [-0.39, 0.29) is 5.97 Å². The summed E-state index contributed by atoms with van der Waals surface area (Å²) in [6, 6.07) is 0. The lowest BCUT2D eigenvalue weighted by Crippen LogP contribution is -2.00. The minimum Gasteiger partial charge on any atom is -0.469 e. The van der Waals surface area contributed by atoms with Crippen LogP contribution in [0.5, 0.6) is 0 Å². The van der Waals surface area contributed by atoms with Crippen LogP contribution in [0.4, 0.5) is 0 Å². The van der Waals surface area contributed by atoms with Crippen LogP contribution >= 0.6 is 0 Å². The summed E-state index contributed by atoms with van der Waals surface area (Å²) in [7, 11) is 1.42. The molecule has 0 N–H and O–H groups in total. The van der Waals surface area contributed by atoms with Gasteiger partial charge >= 0.3 is 5.97 Å². The first-order chi connectivity index (χ1) is 8.45. The largest absolute Gasteiger partial charge is 0.469 e. The minimum atomic E-state index is -0.175. The molecule has 0 aliphatic heterocycles. The van der Waals surface area contributed by atoms with Crippen molar-refractivity contribution >= 4 is 5.97 Å². The average molecular weight is 250 g/mol. The van der Waals surface area contributed by atoms with Gasteiger partial charge in [0.05, 0.1) is 13.5 Å². The van der Waals surface area contributed by atoms with Crippen LogP contribution in [0.1, 0.15) is 52.9 Å². The Labute approximate surface area is 111 Å². The Morgan fingerprint density at radius 1 is 1.11 bits per heavy atom. The van der Waals surface area contributed by atoms with Gasteiger partial charge in [-0.25, -0.2) is 0 Å². The first kappa shape index (κ1) is 16.7. The average Bonchev–Trinajstić information content (AvgIpc) is 2.28. The molecule has 2 nitrogen and oxygen atoms in total. The van der Waals surface area contributed by atoms with Crippen LogP contribution in [0, 0.1) is 0 Å². The van der Waals surface area contributed by atoms with E-state index in [1.54, 1.807) is 0 Å². The molecule has 0 saturated carbocycles. The molecular formula is C16H26O2. The van der Waals surface area contributed by atoms with Gasteiger partial charge in [-0.05, 0) is 46.5 Å². The van der Waals surface area contributed by atoms with Crippen molar-refractivity contribution in [1.82, 2.24) is 0 Å². The number of hydrogen-bond acceptors (Lipinski definition) is 2. The molecule has 0 atom stereocenters. The maximum atomic E-state index is 11.0. The van der Waals surface area contributed by atoms with Crippen LogP contribution in [0.15, 0.2) is 35.5 Å². The van der Waals surface area contributed by atoms with Gasteiger partial charge in [-0.2, -0.15) is 0 Å². The molecule has 0 aromatic heterocycles. The Morgan fingerprint density at radius 2 is 1.67 bits per heavy atom. The van der Waals surface area contributed by atoms with E-state index in [0.717, 1.165) is 31.3 Å². The predicted molar refractivity (Wildman–Crippen MR) is 77.4 cm³/mol. The fourth-order valence-electron chi connectivity index (χ4n) is 1.58. The molecule has 0 radical (unpaired) electrons. The highest BCUT2D eigenvalue weighted by Gasteiger charge is 2.00. The van der Waals surface area contributed by atoms with Gasteiger partial charge in [0, 0.05) is 0 Å². The third-order valence-electron chi connectivity index (χ3n) is 2.69. The second-order valence-corrected chi connectivity index (χ2v) is 4.91. The number of ether oxygens (including phenoxy) is 1. The zero-order valence-corrected chi connectivity index (χ0v) is 12.2. The Balaban J connectivity index is 3.82.